The molecule has 7 heteroatoms. The Bertz CT molecular complexity index is 277. The van der Waals surface area contributed by atoms with Crippen molar-refractivity contribution in [2.24, 2.45) is 5.92 Å². The number of carbonyl (C=O) groups is 3. The lowest BCUT2D eigenvalue weighted by molar-refractivity contribution is -0.410. The molecule has 0 aromatic rings. The van der Waals surface area contributed by atoms with Crippen molar-refractivity contribution in [3.05, 3.63) is 0 Å². The number of rotatable bonds is 7. The van der Waals surface area contributed by atoms with Gasteiger partial charge in [0.15, 0.2) is 6.04 Å². The number of carbonyl (C=O) groups excluding carboxylic acids is 1. The van der Waals surface area contributed by atoms with Crippen LogP contribution in [-0.4, -0.2) is 41.3 Å². The topological polar surface area (TPSA) is 129 Å². The van der Waals surface area contributed by atoms with Gasteiger partial charge >= 0.3 is 17.9 Å². The Morgan fingerprint density at radius 1 is 1.25 bits per heavy atom. The summed E-state index contributed by atoms with van der Waals surface area (Å²) >= 11 is 0. The lowest BCUT2D eigenvalue weighted by Gasteiger charge is -2.12. The van der Waals surface area contributed by atoms with Crippen LogP contribution in [0.4, 0.5) is 0 Å². The third-order valence-corrected chi connectivity index (χ3v) is 2.19. The molecule has 92 valence electrons. The minimum atomic E-state index is -1.15. The average molecular weight is 234 g/mol. The highest BCUT2D eigenvalue weighted by Crippen LogP contribution is 2.13. The van der Waals surface area contributed by atoms with Crippen molar-refractivity contribution in [2.45, 2.75) is 25.3 Å². The van der Waals surface area contributed by atoms with Gasteiger partial charge in [-0.1, -0.05) is 0 Å². The third-order valence-electron chi connectivity index (χ3n) is 2.19. The van der Waals surface area contributed by atoms with Crippen LogP contribution in [0, 0.1) is 5.92 Å². The van der Waals surface area contributed by atoms with Gasteiger partial charge in [0.25, 0.3) is 0 Å². The highest BCUT2D eigenvalue weighted by atomic mass is 16.5. The van der Waals surface area contributed by atoms with Crippen molar-refractivity contribution >= 4 is 17.9 Å². The molecule has 0 rings (SSSR count). The van der Waals surface area contributed by atoms with Crippen LogP contribution in [0.25, 0.3) is 0 Å². The molecule has 0 aliphatic carbocycles. The van der Waals surface area contributed by atoms with Crippen LogP contribution in [0.15, 0.2) is 0 Å². The van der Waals surface area contributed by atoms with E-state index in [0.29, 0.717) is 0 Å². The van der Waals surface area contributed by atoms with Crippen molar-refractivity contribution in [3.63, 3.8) is 0 Å². The molecule has 0 saturated heterocycles. The quantitative estimate of drug-likeness (QED) is 0.471. The number of aliphatic carboxylic acids is 2. The number of carboxylic acid groups (broad SMARTS) is 2. The number of esters is 1. The second-order valence-corrected chi connectivity index (χ2v) is 3.42. The van der Waals surface area contributed by atoms with Crippen LogP contribution in [0.1, 0.15) is 19.3 Å². The molecule has 0 saturated carbocycles. The summed E-state index contributed by atoms with van der Waals surface area (Å²) in [6, 6.07) is -0.987. The third kappa shape index (κ3) is 5.30. The minimum absolute atomic E-state index is 0.0419. The highest BCUT2D eigenvalue weighted by molar-refractivity contribution is 5.75. The van der Waals surface area contributed by atoms with Gasteiger partial charge in [0.05, 0.1) is 13.0 Å². The molecule has 2 atom stereocenters. The Morgan fingerprint density at radius 3 is 2.19 bits per heavy atom. The fraction of sp³-hybridized carbons (Fsp3) is 0.667. The fourth-order valence-corrected chi connectivity index (χ4v) is 1.18. The number of quaternary nitrogens is 1. The van der Waals surface area contributed by atoms with Crippen molar-refractivity contribution in [2.75, 3.05) is 7.11 Å². The Balaban J connectivity index is 4.23. The maximum Gasteiger partial charge on any atom is 0.362 e. The molecular formula is C9H16NO6+. The smallest absolute Gasteiger partial charge is 0.362 e. The zero-order chi connectivity index (χ0) is 12.7. The van der Waals surface area contributed by atoms with Crippen molar-refractivity contribution in [1.82, 2.24) is 0 Å². The Morgan fingerprint density at radius 2 is 1.81 bits per heavy atom. The Hall–Kier alpha value is -1.63. The summed E-state index contributed by atoms with van der Waals surface area (Å²) in [6.07, 6.45) is -0.0806. The number of ether oxygens (including phenoxy) is 1. The monoisotopic (exact) mass is 234 g/mol. The van der Waals surface area contributed by atoms with Crippen molar-refractivity contribution < 1.29 is 35.1 Å². The van der Waals surface area contributed by atoms with E-state index in [0.717, 1.165) is 0 Å². The van der Waals surface area contributed by atoms with Crippen LogP contribution >= 0.6 is 0 Å². The molecule has 0 bridgehead atoms. The Labute approximate surface area is 92.2 Å². The van der Waals surface area contributed by atoms with Gasteiger partial charge in [-0.05, 0) is 6.42 Å². The maximum absolute atomic E-state index is 10.8. The van der Waals surface area contributed by atoms with Gasteiger partial charge in [-0.2, -0.15) is 0 Å². The molecule has 0 heterocycles. The van der Waals surface area contributed by atoms with Crippen molar-refractivity contribution in [1.29, 1.82) is 0 Å². The molecule has 0 aliphatic rings. The molecule has 0 aliphatic heterocycles. The van der Waals surface area contributed by atoms with E-state index < -0.39 is 29.9 Å². The summed E-state index contributed by atoms with van der Waals surface area (Å²) in [5.41, 5.74) is 3.33. The summed E-state index contributed by atoms with van der Waals surface area (Å²) in [6.45, 7) is 0. The highest BCUT2D eigenvalue weighted by Gasteiger charge is 2.27. The average Bonchev–Trinajstić information content (AvgIpc) is 2.22. The molecule has 7 nitrogen and oxygen atoms in total. The molecule has 0 aromatic heterocycles. The first kappa shape index (κ1) is 14.4. The van der Waals surface area contributed by atoms with Gasteiger partial charge in [0, 0.05) is 12.8 Å². The summed E-state index contributed by atoms with van der Waals surface area (Å²) in [5, 5.41) is 17.4. The van der Waals surface area contributed by atoms with Crippen LogP contribution in [0.2, 0.25) is 0 Å². The van der Waals surface area contributed by atoms with Crippen LogP contribution in [0.5, 0.6) is 0 Å². The second-order valence-electron chi connectivity index (χ2n) is 3.42. The summed E-state index contributed by atoms with van der Waals surface area (Å²) in [7, 11) is 1.21. The molecule has 0 amide bonds. The van der Waals surface area contributed by atoms with Gasteiger partial charge < -0.3 is 20.7 Å². The van der Waals surface area contributed by atoms with Gasteiger partial charge in [0.2, 0.25) is 0 Å². The predicted octanol–water partition coefficient (Wildman–Crippen LogP) is -1.27. The first-order valence-electron chi connectivity index (χ1n) is 4.74. The summed E-state index contributed by atoms with van der Waals surface area (Å²) in [5.74, 6) is -3.68. The number of hydrogen-bond donors (Lipinski definition) is 3. The normalized spacial score (nSPS) is 13.9. The number of methoxy groups -OCH3 is 1. The van der Waals surface area contributed by atoms with Gasteiger partial charge in [-0.25, -0.2) is 4.79 Å². The van der Waals surface area contributed by atoms with Gasteiger partial charge in [-0.3, -0.25) is 9.59 Å². The molecule has 16 heavy (non-hydrogen) atoms. The lowest BCUT2D eigenvalue weighted by Crippen LogP contribution is -2.65. The van der Waals surface area contributed by atoms with E-state index in [2.05, 4.69) is 10.5 Å². The molecule has 0 radical (unpaired) electrons. The Kier molecular flexibility index (Phi) is 6.09. The second kappa shape index (κ2) is 6.78. The number of hydrogen-bond acceptors (Lipinski definition) is 4. The van der Waals surface area contributed by atoms with E-state index in [1.165, 1.54) is 7.11 Å². The van der Waals surface area contributed by atoms with Gasteiger partial charge in [0.1, 0.15) is 0 Å². The molecule has 0 spiro atoms. The summed E-state index contributed by atoms with van der Waals surface area (Å²) in [4.78, 5) is 32.1. The SMILES string of the molecule is COC(=O)CC[C@H](C[C@H]([NH3+])C(=O)O)C(=O)O. The van der Waals surface area contributed by atoms with Crippen LogP contribution < -0.4 is 5.73 Å². The van der Waals surface area contributed by atoms with Gasteiger partial charge in [-0.15, -0.1) is 0 Å². The number of carboxylic acids is 2. The predicted molar refractivity (Wildman–Crippen MR) is 51.3 cm³/mol. The molecule has 5 N–H and O–H groups in total. The lowest BCUT2D eigenvalue weighted by atomic mass is 9.95. The van der Waals surface area contributed by atoms with E-state index in [4.69, 9.17) is 10.2 Å². The van der Waals surface area contributed by atoms with E-state index in [9.17, 15) is 14.4 Å². The molecule has 0 unspecified atom stereocenters. The molecular weight excluding hydrogens is 218 g/mol. The van der Waals surface area contributed by atoms with E-state index >= 15 is 0 Å². The zero-order valence-corrected chi connectivity index (χ0v) is 9.01. The summed E-state index contributed by atoms with van der Waals surface area (Å²) < 4.78 is 4.37. The maximum atomic E-state index is 10.8. The fourth-order valence-electron chi connectivity index (χ4n) is 1.18. The standard InChI is InChI=1S/C9H15NO6/c1-16-7(11)3-2-5(8(12)13)4-6(10)9(14)15/h5-6H,2-4,10H2,1H3,(H,12,13)(H,14,15)/p+1/t5-,6+/m1/s1. The van der Waals surface area contributed by atoms with E-state index in [-0.39, 0.29) is 19.3 Å². The van der Waals surface area contributed by atoms with E-state index in [1.54, 1.807) is 0 Å². The largest absolute Gasteiger partial charge is 0.481 e. The van der Waals surface area contributed by atoms with Crippen LogP contribution in [0.3, 0.4) is 0 Å². The van der Waals surface area contributed by atoms with E-state index in [1.807, 2.05) is 0 Å². The zero-order valence-electron chi connectivity index (χ0n) is 9.01. The first-order chi connectivity index (χ1) is 7.38. The first-order valence-corrected chi connectivity index (χ1v) is 4.74. The molecule has 0 aromatic carbocycles. The minimum Gasteiger partial charge on any atom is -0.481 e. The molecule has 0 fully saturated rings. The van der Waals surface area contributed by atoms with Crippen molar-refractivity contribution in [3.8, 4) is 0 Å². The van der Waals surface area contributed by atoms with Crippen LogP contribution in [-0.2, 0) is 19.1 Å².